The summed E-state index contributed by atoms with van der Waals surface area (Å²) in [5.41, 5.74) is 1.82. The van der Waals surface area contributed by atoms with Gasteiger partial charge in [0.2, 0.25) is 0 Å². The quantitative estimate of drug-likeness (QED) is 0.245. The Balaban J connectivity index is 1.26. The fourth-order valence-corrected chi connectivity index (χ4v) is 4.66. The first kappa shape index (κ1) is 26.9. The van der Waals surface area contributed by atoms with Crippen molar-refractivity contribution < 1.29 is 24.5 Å². The third kappa shape index (κ3) is 7.21. The minimum absolute atomic E-state index is 0.334. The lowest BCUT2D eigenvalue weighted by molar-refractivity contribution is -0.0111. The summed E-state index contributed by atoms with van der Waals surface area (Å²) < 4.78 is 10.8. The first-order valence-corrected chi connectivity index (χ1v) is 12.4. The van der Waals surface area contributed by atoms with E-state index in [0.717, 1.165) is 43.9 Å². The molecule has 37 heavy (non-hydrogen) atoms. The highest BCUT2D eigenvalue weighted by Crippen LogP contribution is 2.32. The maximum absolute atomic E-state index is 10.7. The van der Waals surface area contributed by atoms with Gasteiger partial charge in [-0.25, -0.2) is 4.98 Å². The fraction of sp³-hybridized carbons (Fsp3) is 0.444. The van der Waals surface area contributed by atoms with Crippen molar-refractivity contribution in [2.24, 2.45) is 0 Å². The summed E-state index contributed by atoms with van der Waals surface area (Å²) in [6.45, 7) is 8.99. The summed E-state index contributed by atoms with van der Waals surface area (Å²) in [6.07, 6.45) is 0.516. The highest BCUT2D eigenvalue weighted by atomic mass is 16.5. The third-order valence-electron chi connectivity index (χ3n) is 6.52. The van der Waals surface area contributed by atoms with E-state index in [-0.39, 0.29) is 0 Å². The van der Waals surface area contributed by atoms with Gasteiger partial charge in [0.05, 0.1) is 18.9 Å². The number of aromatic nitrogens is 1. The third-order valence-corrected chi connectivity index (χ3v) is 6.52. The lowest BCUT2D eigenvalue weighted by Gasteiger charge is -2.40. The summed E-state index contributed by atoms with van der Waals surface area (Å²) in [4.78, 5) is 8.60. The van der Waals surface area contributed by atoms with Crippen LogP contribution in [-0.2, 0) is 6.54 Å². The standard InChI is InChI=1S/C27H37N5O5/c1-27(2,17-32-12-10-31(11-13-32)16-19-6-4-5-7-22(19)33)30-26(35)25(34)29-20-8-9-21(23(14-20)36-3)24-15-28-18-37-24/h4-9,14-15,18,25-26,29-30,33-35H,10-13,16-17H2,1-3H3. The number of rotatable bonds is 11. The SMILES string of the molecule is COc1cc(NC(O)C(O)NC(C)(C)CN2CCN(Cc3ccccc3O)CC2)ccc1-c1cnco1. The van der Waals surface area contributed by atoms with Gasteiger partial charge in [-0.3, -0.25) is 15.1 Å². The Hall–Kier alpha value is -3.15. The smallest absolute Gasteiger partial charge is 0.181 e. The molecule has 2 aromatic carbocycles. The van der Waals surface area contributed by atoms with Crippen LogP contribution in [0.5, 0.6) is 11.5 Å². The van der Waals surface area contributed by atoms with Crippen molar-refractivity contribution >= 4 is 5.69 Å². The zero-order valence-electron chi connectivity index (χ0n) is 21.6. The number of piperazine rings is 1. The Kier molecular flexibility index (Phi) is 8.67. The van der Waals surface area contributed by atoms with Crippen LogP contribution < -0.4 is 15.4 Å². The monoisotopic (exact) mass is 511 g/mol. The molecule has 2 unspecified atom stereocenters. The van der Waals surface area contributed by atoms with Crippen molar-refractivity contribution in [1.29, 1.82) is 0 Å². The molecule has 10 heteroatoms. The topological polar surface area (TPSA) is 126 Å². The van der Waals surface area contributed by atoms with Gasteiger partial charge in [-0.2, -0.15) is 0 Å². The second-order valence-electron chi connectivity index (χ2n) is 10.0. The van der Waals surface area contributed by atoms with Gasteiger partial charge in [-0.1, -0.05) is 18.2 Å². The Morgan fingerprint density at radius 1 is 1.05 bits per heavy atom. The second kappa shape index (κ2) is 11.9. The average Bonchev–Trinajstić information content (AvgIpc) is 3.41. The number of ether oxygens (including phenoxy) is 1. The predicted molar refractivity (Wildman–Crippen MR) is 141 cm³/mol. The van der Waals surface area contributed by atoms with E-state index < -0.39 is 18.0 Å². The van der Waals surface area contributed by atoms with Gasteiger partial charge in [0, 0.05) is 62.1 Å². The lowest BCUT2D eigenvalue weighted by Crippen LogP contribution is -2.59. The predicted octanol–water partition coefficient (Wildman–Crippen LogP) is 2.29. The van der Waals surface area contributed by atoms with E-state index >= 15 is 0 Å². The Morgan fingerprint density at radius 3 is 2.46 bits per heavy atom. The number of nitrogens with zero attached hydrogens (tertiary/aromatic N) is 3. The molecular formula is C27H37N5O5. The molecule has 4 rings (SSSR count). The average molecular weight is 512 g/mol. The van der Waals surface area contributed by atoms with E-state index in [2.05, 4.69) is 25.4 Å². The van der Waals surface area contributed by atoms with Crippen LogP contribution >= 0.6 is 0 Å². The van der Waals surface area contributed by atoms with Gasteiger partial charge in [-0.05, 0) is 32.0 Å². The number of phenols is 1. The summed E-state index contributed by atoms with van der Waals surface area (Å²) in [7, 11) is 1.56. The molecule has 3 aromatic rings. The maximum atomic E-state index is 10.7. The molecule has 0 amide bonds. The molecule has 200 valence electrons. The molecule has 0 aliphatic carbocycles. The second-order valence-corrected chi connectivity index (χ2v) is 10.0. The Labute approximate surface area is 217 Å². The molecule has 0 saturated carbocycles. The van der Waals surface area contributed by atoms with Crippen molar-refractivity contribution in [2.45, 2.75) is 38.4 Å². The first-order chi connectivity index (χ1) is 17.7. The molecule has 5 N–H and O–H groups in total. The number of phenolic OH excluding ortho intramolecular Hbond substituents is 1. The number of oxazole rings is 1. The van der Waals surface area contributed by atoms with Gasteiger partial charge in [-0.15, -0.1) is 0 Å². The number of hydrogen-bond donors (Lipinski definition) is 5. The van der Waals surface area contributed by atoms with E-state index in [1.807, 2.05) is 32.0 Å². The molecule has 2 heterocycles. The summed E-state index contributed by atoms with van der Waals surface area (Å²) in [5.74, 6) is 1.46. The van der Waals surface area contributed by atoms with E-state index in [1.54, 1.807) is 37.6 Å². The summed E-state index contributed by atoms with van der Waals surface area (Å²) in [5, 5.41) is 37.4. The van der Waals surface area contributed by atoms with Gasteiger partial charge in [0.1, 0.15) is 17.7 Å². The molecule has 0 spiro atoms. The molecule has 0 radical (unpaired) electrons. The molecule has 1 aliphatic rings. The molecule has 2 atom stereocenters. The fourth-order valence-electron chi connectivity index (χ4n) is 4.66. The largest absolute Gasteiger partial charge is 0.508 e. The lowest BCUT2D eigenvalue weighted by atomic mass is 10.0. The van der Waals surface area contributed by atoms with E-state index in [1.165, 1.54) is 6.39 Å². The highest BCUT2D eigenvalue weighted by Gasteiger charge is 2.29. The number of nitrogens with one attached hydrogen (secondary N) is 2. The number of benzene rings is 2. The van der Waals surface area contributed by atoms with Crippen molar-refractivity contribution in [3.8, 4) is 22.8 Å². The minimum Gasteiger partial charge on any atom is -0.508 e. The highest BCUT2D eigenvalue weighted by molar-refractivity contribution is 5.69. The normalized spacial score (nSPS) is 16.9. The number of hydrogen-bond acceptors (Lipinski definition) is 10. The molecular weight excluding hydrogens is 474 g/mol. The van der Waals surface area contributed by atoms with Crippen LogP contribution in [0.25, 0.3) is 11.3 Å². The van der Waals surface area contributed by atoms with Crippen LogP contribution in [-0.4, -0.2) is 87.9 Å². The summed E-state index contributed by atoms with van der Waals surface area (Å²) in [6, 6.07) is 12.8. The van der Waals surface area contributed by atoms with E-state index in [4.69, 9.17) is 9.15 Å². The van der Waals surface area contributed by atoms with Gasteiger partial charge in [0.25, 0.3) is 0 Å². The number of methoxy groups -OCH3 is 1. The number of aliphatic hydroxyl groups is 2. The van der Waals surface area contributed by atoms with Crippen LogP contribution in [0.2, 0.25) is 0 Å². The number of aromatic hydroxyl groups is 1. The number of para-hydroxylation sites is 1. The van der Waals surface area contributed by atoms with E-state index in [9.17, 15) is 15.3 Å². The number of aliphatic hydroxyl groups excluding tert-OH is 2. The van der Waals surface area contributed by atoms with Crippen molar-refractivity contribution in [3.63, 3.8) is 0 Å². The van der Waals surface area contributed by atoms with Gasteiger partial charge >= 0.3 is 0 Å². The molecule has 0 bridgehead atoms. The molecule has 1 fully saturated rings. The van der Waals surface area contributed by atoms with Crippen molar-refractivity contribution in [3.05, 3.63) is 60.6 Å². The first-order valence-electron chi connectivity index (χ1n) is 12.4. The minimum atomic E-state index is -1.24. The van der Waals surface area contributed by atoms with Crippen molar-refractivity contribution in [2.75, 3.05) is 45.2 Å². The molecule has 10 nitrogen and oxygen atoms in total. The Bertz CT molecular complexity index is 1130. The molecule has 1 aliphatic heterocycles. The van der Waals surface area contributed by atoms with E-state index in [0.29, 0.717) is 29.5 Å². The number of anilines is 1. The van der Waals surface area contributed by atoms with Crippen LogP contribution in [0.3, 0.4) is 0 Å². The van der Waals surface area contributed by atoms with Gasteiger partial charge < -0.3 is 29.8 Å². The van der Waals surface area contributed by atoms with Gasteiger partial charge in [0.15, 0.2) is 18.4 Å². The van der Waals surface area contributed by atoms with Crippen LogP contribution in [0.1, 0.15) is 19.4 Å². The zero-order chi connectivity index (χ0) is 26.4. The van der Waals surface area contributed by atoms with Crippen LogP contribution in [0.15, 0.2) is 59.5 Å². The molecule has 1 saturated heterocycles. The summed E-state index contributed by atoms with van der Waals surface area (Å²) >= 11 is 0. The van der Waals surface area contributed by atoms with Crippen LogP contribution in [0, 0.1) is 0 Å². The van der Waals surface area contributed by atoms with Crippen LogP contribution in [0.4, 0.5) is 5.69 Å². The van der Waals surface area contributed by atoms with Crippen molar-refractivity contribution in [1.82, 2.24) is 20.1 Å². The maximum Gasteiger partial charge on any atom is 0.181 e. The molecule has 1 aromatic heterocycles. The Morgan fingerprint density at radius 2 is 1.78 bits per heavy atom. The zero-order valence-corrected chi connectivity index (χ0v) is 21.6.